The van der Waals surface area contributed by atoms with Crippen LogP contribution in [0.5, 0.6) is 0 Å². The molecule has 1 atom stereocenters. The normalized spacial score (nSPS) is 20.4. The zero-order valence-electron chi connectivity index (χ0n) is 11.0. The number of nitrogens with zero attached hydrogens (tertiary/aromatic N) is 1. The van der Waals surface area contributed by atoms with Crippen LogP contribution in [0.15, 0.2) is 34.7 Å². The Kier molecular flexibility index (Phi) is 4.51. The summed E-state index contributed by atoms with van der Waals surface area (Å²) in [4.78, 5) is 11.9. The molecule has 0 aliphatic carbocycles. The van der Waals surface area contributed by atoms with Gasteiger partial charge in [0.1, 0.15) is 6.61 Å². The van der Waals surface area contributed by atoms with Gasteiger partial charge in [0.15, 0.2) is 0 Å². The summed E-state index contributed by atoms with van der Waals surface area (Å²) in [5.41, 5.74) is 1.02. The molecule has 0 saturated heterocycles. The van der Waals surface area contributed by atoms with Gasteiger partial charge < -0.3 is 4.74 Å². The van der Waals surface area contributed by atoms with E-state index >= 15 is 0 Å². The first-order valence-electron chi connectivity index (χ1n) is 6.24. The Morgan fingerprint density at radius 1 is 1.35 bits per heavy atom. The highest BCUT2D eigenvalue weighted by Gasteiger charge is 2.38. The van der Waals surface area contributed by atoms with Crippen molar-refractivity contribution >= 4 is 22.0 Å². The van der Waals surface area contributed by atoms with E-state index in [9.17, 15) is 13.2 Å². The molecule has 1 heterocycles. The summed E-state index contributed by atoms with van der Waals surface area (Å²) < 4.78 is 35.7. The SMILES string of the molecule is CCCC1=NS(=O)(=O)OC1C(=O)OCc1ccccc1. The Hall–Kier alpha value is -1.73. The first kappa shape index (κ1) is 14.7. The van der Waals surface area contributed by atoms with Crippen molar-refractivity contribution in [3.05, 3.63) is 35.9 Å². The summed E-state index contributed by atoms with van der Waals surface area (Å²) >= 11 is 0. The smallest absolute Gasteiger partial charge is 0.382 e. The van der Waals surface area contributed by atoms with Crippen LogP contribution in [-0.2, 0) is 30.6 Å². The number of carbonyl (C=O) groups is 1. The molecule has 7 heteroatoms. The number of hydrogen-bond acceptors (Lipinski definition) is 5. The highest BCUT2D eigenvalue weighted by Crippen LogP contribution is 2.19. The van der Waals surface area contributed by atoms with Gasteiger partial charge in [0, 0.05) is 0 Å². The Bertz CT molecular complexity index is 609. The minimum Gasteiger partial charge on any atom is -0.459 e. The van der Waals surface area contributed by atoms with Crippen molar-refractivity contribution in [3.63, 3.8) is 0 Å². The molecule has 1 aromatic carbocycles. The fourth-order valence-corrected chi connectivity index (χ4v) is 2.75. The van der Waals surface area contributed by atoms with Gasteiger partial charge in [0.2, 0.25) is 6.10 Å². The zero-order valence-corrected chi connectivity index (χ0v) is 11.8. The molecule has 1 aliphatic rings. The van der Waals surface area contributed by atoms with Crippen LogP contribution >= 0.6 is 0 Å². The Labute approximate surface area is 117 Å². The third-order valence-electron chi connectivity index (χ3n) is 2.69. The first-order chi connectivity index (χ1) is 9.52. The number of benzene rings is 1. The third kappa shape index (κ3) is 3.64. The van der Waals surface area contributed by atoms with Gasteiger partial charge in [-0.3, -0.25) is 0 Å². The Morgan fingerprint density at radius 2 is 2.05 bits per heavy atom. The van der Waals surface area contributed by atoms with Crippen LogP contribution in [0.2, 0.25) is 0 Å². The lowest BCUT2D eigenvalue weighted by Crippen LogP contribution is -2.31. The number of carbonyl (C=O) groups excluding carboxylic acids is 1. The minimum absolute atomic E-state index is 0.0684. The fraction of sp³-hybridized carbons (Fsp3) is 0.385. The maximum atomic E-state index is 11.9. The van der Waals surface area contributed by atoms with E-state index in [1.165, 1.54) is 0 Å². The molecule has 108 valence electrons. The van der Waals surface area contributed by atoms with Crippen molar-refractivity contribution in [1.82, 2.24) is 0 Å². The predicted molar refractivity (Wildman–Crippen MR) is 72.4 cm³/mol. The maximum Gasteiger partial charge on any atom is 0.382 e. The molecular formula is C13H15NO5S. The van der Waals surface area contributed by atoms with E-state index in [4.69, 9.17) is 4.74 Å². The molecule has 0 N–H and O–H groups in total. The predicted octanol–water partition coefficient (Wildman–Crippen LogP) is 1.61. The van der Waals surface area contributed by atoms with Crippen LogP contribution in [0.25, 0.3) is 0 Å². The van der Waals surface area contributed by atoms with Crippen molar-refractivity contribution in [2.75, 3.05) is 0 Å². The largest absolute Gasteiger partial charge is 0.459 e. The first-order valence-corrected chi connectivity index (χ1v) is 7.61. The van der Waals surface area contributed by atoms with Crippen LogP contribution in [0.3, 0.4) is 0 Å². The van der Waals surface area contributed by atoms with Gasteiger partial charge in [-0.1, -0.05) is 43.7 Å². The standard InChI is InChI=1S/C13H15NO5S/c1-2-6-11-12(19-20(16,17)14-11)13(15)18-9-10-7-4-3-5-8-10/h3-5,7-8,12H,2,6,9H2,1H3. The van der Waals surface area contributed by atoms with Crippen molar-refractivity contribution in [1.29, 1.82) is 0 Å². The van der Waals surface area contributed by atoms with E-state index in [1.807, 2.05) is 25.1 Å². The monoisotopic (exact) mass is 297 g/mol. The van der Waals surface area contributed by atoms with E-state index in [0.29, 0.717) is 12.8 Å². The molecule has 1 aromatic rings. The van der Waals surface area contributed by atoms with Gasteiger partial charge >= 0.3 is 16.3 Å². The lowest BCUT2D eigenvalue weighted by Gasteiger charge is -2.10. The maximum absolute atomic E-state index is 11.9. The molecule has 0 bridgehead atoms. The Balaban J connectivity index is 2.00. The molecule has 2 rings (SSSR count). The van der Waals surface area contributed by atoms with E-state index in [0.717, 1.165) is 5.56 Å². The van der Waals surface area contributed by atoms with Gasteiger partial charge in [-0.2, -0.15) is 8.42 Å². The average Bonchev–Trinajstić information content (AvgIpc) is 2.73. The molecule has 0 aromatic heterocycles. The second kappa shape index (κ2) is 6.15. The number of hydrogen-bond donors (Lipinski definition) is 0. The minimum atomic E-state index is -4.01. The molecule has 0 radical (unpaired) electrons. The van der Waals surface area contributed by atoms with Crippen LogP contribution < -0.4 is 0 Å². The van der Waals surface area contributed by atoms with Crippen LogP contribution in [0.1, 0.15) is 25.3 Å². The molecule has 1 unspecified atom stereocenters. The van der Waals surface area contributed by atoms with E-state index in [1.54, 1.807) is 12.1 Å². The summed E-state index contributed by atoms with van der Waals surface area (Å²) in [6.45, 7) is 1.93. The van der Waals surface area contributed by atoms with E-state index in [-0.39, 0.29) is 12.3 Å². The highest BCUT2D eigenvalue weighted by molar-refractivity contribution is 7.85. The lowest BCUT2D eigenvalue weighted by molar-refractivity contribution is -0.149. The molecule has 0 saturated carbocycles. The van der Waals surface area contributed by atoms with E-state index < -0.39 is 22.4 Å². The third-order valence-corrected chi connectivity index (χ3v) is 3.59. The summed E-state index contributed by atoms with van der Waals surface area (Å²) in [5, 5.41) is 0. The second-order valence-electron chi connectivity index (χ2n) is 4.33. The molecule has 1 aliphatic heterocycles. The van der Waals surface area contributed by atoms with Crippen LogP contribution in [-0.4, -0.2) is 26.2 Å². The molecule has 6 nitrogen and oxygen atoms in total. The number of esters is 1. The summed E-state index contributed by atoms with van der Waals surface area (Å²) in [7, 11) is -4.01. The molecule has 0 amide bonds. The topological polar surface area (TPSA) is 82.0 Å². The van der Waals surface area contributed by atoms with Gasteiger partial charge in [-0.15, -0.1) is 4.40 Å². The van der Waals surface area contributed by atoms with Crippen molar-refractivity contribution in [2.45, 2.75) is 32.5 Å². The fourth-order valence-electron chi connectivity index (χ4n) is 1.80. The summed E-state index contributed by atoms with van der Waals surface area (Å²) in [5.74, 6) is -0.734. The summed E-state index contributed by atoms with van der Waals surface area (Å²) in [6, 6.07) is 9.11. The molecular weight excluding hydrogens is 282 g/mol. The van der Waals surface area contributed by atoms with Crippen LogP contribution in [0, 0.1) is 0 Å². The van der Waals surface area contributed by atoms with Crippen LogP contribution in [0.4, 0.5) is 0 Å². The molecule has 0 fully saturated rings. The lowest BCUT2D eigenvalue weighted by atomic mass is 10.1. The molecule has 20 heavy (non-hydrogen) atoms. The van der Waals surface area contributed by atoms with E-state index in [2.05, 4.69) is 8.58 Å². The van der Waals surface area contributed by atoms with Gasteiger partial charge in [0.05, 0.1) is 5.71 Å². The highest BCUT2D eigenvalue weighted by atomic mass is 32.2. The van der Waals surface area contributed by atoms with Crippen molar-refractivity contribution in [3.8, 4) is 0 Å². The quantitative estimate of drug-likeness (QED) is 0.771. The second-order valence-corrected chi connectivity index (χ2v) is 5.56. The van der Waals surface area contributed by atoms with Crippen molar-refractivity contribution in [2.24, 2.45) is 4.40 Å². The zero-order chi connectivity index (χ0) is 14.6. The number of rotatable bonds is 5. The number of ether oxygens (including phenoxy) is 1. The van der Waals surface area contributed by atoms with Gasteiger partial charge in [-0.05, 0) is 12.0 Å². The Morgan fingerprint density at radius 3 is 2.70 bits per heavy atom. The summed E-state index contributed by atoms with van der Waals surface area (Å²) in [6.07, 6.45) is -0.200. The van der Waals surface area contributed by atoms with Crippen molar-refractivity contribution < 1.29 is 22.1 Å². The molecule has 0 spiro atoms. The van der Waals surface area contributed by atoms with Gasteiger partial charge in [0.25, 0.3) is 0 Å². The average molecular weight is 297 g/mol. The van der Waals surface area contributed by atoms with Gasteiger partial charge in [-0.25, -0.2) is 8.98 Å².